The Labute approximate surface area is 72.2 Å². The Morgan fingerprint density at radius 2 is 2.58 bits per heavy atom. The summed E-state index contributed by atoms with van der Waals surface area (Å²) in [7, 11) is 0. The van der Waals surface area contributed by atoms with Gasteiger partial charge in [0, 0.05) is 0 Å². The van der Waals surface area contributed by atoms with Gasteiger partial charge in [-0.1, -0.05) is 36.5 Å². The first-order chi connectivity index (χ1) is 5.83. The molecule has 0 aromatic carbocycles. The van der Waals surface area contributed by atoms with E-state index in [0.29, 0.717) is 13.0 Å². The molecule has 2 nitrogen and oxygen atoms in total. The van der Waals surface area contributed by atoms with Gasteiger partial charge in [-0.3, -0.25) is 4.79 Å². The van der Waals surface area contributed by atoms with Gasteiger partial charge in [0.05, 0.1) is 6.42 Å². The van der Waals surface area contributed by atoms with Crippen molar-refractivity contribution >= 4 is 5.97 Å². The Morgan fingerprint density at radius 3 is 3.17 bits per heavy atom. The van der Waals surface area contributed by atoms with Gasteiger partial charge in [-0.15, -0.1) is 0 Å². The molecule has 0 N–H and O–H groups in total. The van der Waals surface area contributed by atoms with Crippen LogP contribution < -0.4 is 0 Å². The van der Waals surface area contributed by atoms with Crippen molar-refractivity contribution in [2.24, 2.45) is 0 Å². The molecular weight excluding hydrogens is 152 g/mol. The average Bonchev–Trinajstić information content (AvgIpc) is 2.53. The minimum atomic E-state index is -0.176. The van der Waals surface area contributed by atoms with E-state index in [2.05, 4.69) is 6.58 Å². The zero-order valence-corrected chi connectivity index (χ0v) is 6.95. The van der Waals surface area contributed by atoms with Crippen LogP contribution in [0, 0.1) is 0 Å². The van der Waals surface area contributed by atoms with Gasteiger partial charge in [-0.25, -0.2) is 0 Å². The van der Waals surface area contributed by atoms with Crippen LogP contribution in [0.1, 0.15) is 12.8 Å². The fraction of sp³-hybridized carbons (Fsp3) is 0.300. The van der Waals surface area contributed by atoms with Crippen molar-refractivity contribution in [2.75, 3.05) is 6.61 Å². The van der Waals surface area contributed by atoms with Crippen molar-refractivity contribution in [2.45, 2.75) is 12.8 Å². The molecule has 1 rings (SSSR count). The summed E-state index contributed by atoms with van der Waals surface area (Å²) in [5, 5.41) is 0. The van der Waals surface area contributed by atoms with Crippen molar-refractivity contribution in [3.05, 3.63) is 36.5 Å². The minimum Gasteiger partial charge on any atom is -0.461 e. The Hall–Kier alpha value is -1.31. The van der Waals surface area contributed by atoms with Gasteiger partial charge in [-0.05, 0) is 6.42 Å². The molecule has 0 aromatic rings. The summed E-state index contributed by atoms with van der Waals surface area (Å²) < 4.78 is 4.83. The number of esters is 1. The highest BCUT2D eigenvalue weighted by atomic mass is 16.5. The maximum atomic E-state index is 11.0. The summed E-state index contributed by atoms with van der Waals surface area (Å²) in [6.07, 6.45) is 8.78. The van der Waals surface area contributed by atoms with Gasteiger partial charge < -0.3 is 4.74 Å². The van der Waals surface area contributed by atoms with Crippen LogP contribution >= 0.6 is 0 Å². The lowest BCUT2D eigenvalue weighted by Gasteiger charge is -2.01. The van der Waals surface area contributed by atoms with E-state index in [0.717, 1.165) is 12.0 Å². The lowest BCUT2D eigenvalue weighted by Crippen LogP contribution is -2.04. The van der Waals surface area contributed by atoms with Gasteiger partial charge in [0.15, 0.2) is 0 Å². The van der Waals surface area contributed by atoms with Gasteiger partial charge >= 0.3 is 5.97 Å². The molecule has 0 bridgehead atoms. The van der Waals surface area contributed by atoms with Crippen LogP contribution in [0.15, 0.2) is 36.5 Å². The minimum absolute atomic E-state index is 0.176. The lowest BCUT2D eigenvalue weighted by atomic mass is 10.2. The Kier molecular flexibility index (Phi) is 3.33. The summed E-state index contributed by atoms with van der Waals surface area (Å²) >= 11 is 0. The van der Waals surface area contributed by atoms with Gasteiger partial charge in [0.25, 0.3) is 0 Å². The molecule has 1 aliphatic carbocycles. The van der Waals surface area contributed by atoms with E-state index in [1.165, 1.54) is 0 Å². The smallest absolute Gasteiger partial charge is 0.310 e. The molecule has 0 amide bonds. The topological polar surface area (TPSA) is 26.3 Å². The highest BCUT2D eigenvalue weighted by Crippen LogP contribution is 2.14. The number of allylic oxidation sites excluding steroid dienone is 3. The number of hydrogen-bond acceptors (Lipinski definition) is 2. The maximum Gasteiger partial charge on any atom is 0.310 e. The second-order valence-corrected chi connectivity index (χ2v) is 2.61. The monoisotopic (exact) mass is 164 g/mol. The molecule has 0 aromatic heterocycles. The van der Waals surface area contributed by atoms with E-state index in [-0.39, 0.29) is 5.97 Å². The molecular formula is C10H12O2. The normalized spacial score (nSPS) is 14.2. The molecule has 0 saturated heterocycles. The van der Waals surface area contributed by atoms with Crippen LogP contribution in [-0.2, 0) is 9.53 Å². The number of carbonyl (C=O) groups is 1. The molecule has 0 fully saturated rings. The average molecular weight is 164 g/mol. The van der Waals surface area contributed by atoms with Gasteiger partial charge in [0.2, 0.25) is 0 Å². The predicted octanol–water partition coefficient (Wildman–Crippen LogP) is 1.99. The Morgan fingerprint density at radius 1 is 1.75 bits per heavy atom. The zero-order valence-electron chi connectivity index (χ0n) is 6.95. The molecule has 0 unspecified atom stereocenters. The van der Waals surface area contributed by atoms with Crippen LogP contribution in [0.4, 0.5) is 0 Å². The van der Waals surface area contributed by atoms with E-state index < -0.39 is 0 Å². The van der Waals surface area contributed by atoms with Crippen LogP contribution in [0.3, 0.4) is 0 Å². The number of ether oxygens (including phenoxy) is 1. The summed E-state index contributed by atoms with van der Waals surface area (Å²) in [4.78, 5) is 11.0. The summed E-state index contributed by atoms with van der Waals surface area (Å²) in [6.45, 7) is 3.77. The lowest BCUT2D eigenvalue weighted by molar-refractivity contribution is -0.141. The molecule has 2 heteroatoms. The van der Waals surface area contributed by atoms with E-state index in [1.54, 1.807) is 6.08 Å². The van der Waals surface area contributed by atoms with Crippen molar-refractivity contribution in [1.82, 2.24) is 0 Å². The second kappa shape index (κ2) is 4.54. The fourth-order valence-electron chi connectivity index (χ4n) is 1.01. The van der Waals surface area contributed by atoms with Crippen LogP contribution in [0.25, 0.3) is 0 Å². The van der Waals surface area contributed by atoms with Crippen molar-refractivity contribution < 1.29 is 9.53 Å². The Balaban J connectivity index is 2.22. The van der Waals surface area contributed by atoms with Gasteiger partial charge in [-0.2, -0.15) is 0 Å². The molecule has 0 radical (unpaired) electrons. The van der Waals surface area contributed by atoms with Crippen molar-refractivity contribution in [1.29, 1.82) is 0 Å². The number of hydrogen-bond donors (Lipinski definition) is 0. The zero-order chi connectivity index (χ0) is 8.81. The summed E-state index contributed by atoms with van der Waals surface area (Å²) in [5.41, 5.74) is 1.11. The highest BCUT2D eigenvalue weighted by Gasteiger charge is 2.06. The molecule has 12 heavy (non-hydrogen) atoms. The molecule has 64 valence electrons. The summed E-state index contributed by atoms with van der Waals surface area (Å²) in [6, 6.07) is 0. The SMILES string of the molecule is C=CCOC(=O)CC1=CC=CC1. The third kappa shape index (κ3) is 2.74. The quantitative estimate of drug-likeness (QED) is 0.469. The molecule has 0 spiro atoms. The number of rotatable bonds is 4. The van der Waals surface area contributed by atoms with Crippen LogP contribution in [0.2, 0.25) is 0 Å². The van der Waals surface area contributed by atoms with Gasteiger partial charge in [0.1, 0.15) is 6.61 Å². The third-order valence-corrected chi connectivity index (χ3v) is 1.58. The molecule has 0 aliphatic heterocycles. The van der Waals surface area contributed by atoms with E-state index in [4.69, 9.17) is 4.74 Å². The van der Waals surface area contributed by atoms with E-state index in [9.17, 15) is 4.79 Å². The highest BCUT2D eigenvalue weighted by molar-refractivity contribution is 5.73. The predicted molar refractivity (Wildman–Crippen MR) is 47.6 cm³/mol. The first-order valence-corrected chi connectivity index (χ1v) is 3.94. The first kappa shape index (κ1) is 8.78. The van der Waals surface area contributed by atoms with E-state index in [1.807, 2.05) is 18.2 Å². The molecule has 0 saturated carbocycles. The van der Waals surface area contributed by atoms with Crippen molar-refractivity contribution in [3.63, 3.8) is 0 Å². The van der Waals surface area contributed by atoms with Crippen LogP contribution in [-0.4, -0.2) is 12.6 Å². The first-order valence-electron chi connectivity index (χ1n) is 3.94. The standard InChI is InChI=1S/C10H12O2/c1-2-7-12-10(11)8-9-5-3-4-6-9/h2-5H,1,6-8H2. The van der Waals surface area contributed by atoms with Crippen LogP contribution in [0.5, 0.6) is 0 Å². The molecule has 0 atom stereocenters. The fourth-order valence-corrected chi connectivity index (χ4v) is 1.01. The summed E-state index contributed by atoms with van der Waals surface area (Å²) in [5.74, 6) is -0.176. The third-order valence-electron chi connectivity index (χ3n) is 1.58. The number of carbonyl (C=O) groups excluding carboxylic acids is 1. The molecule has 1 aliphatic rings. The maximum absolute atomic E-state index is 11.0. The largest absolute Gasteiger partial charge is 0.461 e. The van der Waals surface area contributed by atoms with E-state index >= 15 is 0 Å². The second-order valence-electron chi connectivity index (χ2n) is 2.61. The molecule has 0 heterocycles. The van der Waals surface area contributed by atoms with Crippen molar-refractivity contribution in [3.8, 4) is 0 Å². The Bertz CT molecular complexity index is 236.